The minimum absolute atomic E-state index is 0.0584. The van der Waals surface area contributed by atoms with E-state index in [9.17, 15) is 5.11 Å². The normalized spacial score (nSPS) is 18.0. The Morgan fingerprint density at radius 3 is 2.00 bits per heavy atom. The second-order valence-corrected chi connectivity index (χ2v) is 3.74. The van der Waals surface area contributed by atoms with Crippen molar-refractivity contribution >= 4 is 0 Å². The predicted molar refractivity (Wildman–Crippen MR) is 46.5 cm³/mol. The fourth-order valence-corrected chi connectivity index (χ4v) is 1.37. The van der Waals surface area contributed by atoms with Gasteiger partial charge in [0.15, 0.2) is 0 Å². The maximum atomic E-state index is 9.35. The van der Waals surface area contributed by atoms with Gasteiger partial charge in [-0.25, -0.2) is 0 Å². The first-order valence-corrected chi connectivity index (χ1v) is 4.16. The average molecular weight is 160 g/mol. The number of aliphatic hydroxyl groups is 1. The highest BCUT2D eigenvalue weighted by Crippen LogP contribution is 2.28. The van der Waals surface area contributed by atoms with Crippen molar-refractivity contribution < 1.29 is 9.84 Å². The summed E-state index contributed by atoms with van der Waals surface area (Å²) in [6.45, 7) is 8.09. The molecule has 0 spiro atoms. The van der Waals surface area contributed by atoms with Gasteiger partial charge in [-0.3, -0.25) is 0 Å². The van der Waals surface area contributed by atoms with Crippen LogP contribution in [-0.2, 0) is 4.74 Å². The summed E-state index contributed by atoms with van der Waals surface area (Å²) < 4.78 is 5.22. The number of hydrogen-bond donors (Lipinski definition) is 1. The molecule has 0 aliphatic rings. The maximum absolute atomic E-state index is 9.35. The zero-order valence-electron chi connectivity index (χ0n) is 8.22. The molecule has 0 rings (SSSR count). The molecule has 2 nitrogen and oxygen atoms in total. The molecule has 2 atom stereocenters. The Bertz CT molecular complexity index is 108. The summed E-state index contributed by atoms with van der Waals surface area (Å²) >= 11 is 0. The molecule has 2 heteroatoms. The third-order valence-corrected chi connectivity index (χ3v) is 2.37. The Hall–Kier alpha value is -0.0800. The maximum Gasteiger partial charge on any atom is 0.0877 e. The van der Waals surface area contributed by atoms with Gasteiger partial charge in [0.25, 0.3) is 0 Å². The molecule has 0 aliphatic carbocycles. The van der Waals surface area contributed by atoms with E-state index in [4.69, 9.17) is 4.74 Å². The lowest BCUT2D eigenvalue weighted by atomic mass is 9.81. The van der Waals surface area contributed by atoms with Gasteiger partial charge in [-0.05, 0) is 18.8 Å². The molecule has 0 saturated carbocycles. The van der Waals surface area contributed by atoms with Crippen molar-refractivity contribution in [2.24, 2.45) is 5.41 Å². The first-order valence-electron chi connectivity index (χ1n) is 4.16. The molecular formula is C9H20O2. The van der Waals surface area contributed by atoms with Crippen molar-refractivity contribution in [3.63, 3.8) is 0 Å². The van der Waals surface area contributed by atoms with Gasteiger partial charge < -0.3 is 9.84 Å². The van der Waals surface area contributed by atoms with Crippen LogP contribution in [0.15, 0.2) is 0 Å². The molecule has 0 aliphatic heterocycles. The summed E-state index contributed by atoms with van der Waals surface area (Å²) in [5.41, 5.74) is 0.0584. The molecule has 2 unspecified atom stereocenters. The number of methoxy groups -OCH3 is 1. The fraction of sp³-hybridized carbons (Fsp3) is 1.00. The second-order valence-electron chi connectivity index (χ2n) is 3.74. The van der Waals surface area contributed by atoms with Crippen LogP contribution in [-0.4, -0.2) is 24.4 Å². The summed E-state index contributed by atoms with van der Waals surface area (Å²) in [4.78, 5) is 0. The van der Waals surface area contributed by atoms with Gasteiger partial charge in [0.2, 0.25) is 0 Å². The molecule has 0 aromatic carbocycles. The Labute approximate surface area is 69.6 Å². The Kier molecular flexibility index (Phi) is 4.04. The van der Waals surface area contributed by atoms with E-state index in [-0.39, 0.29) is 11.5 Å². The molecule has 0 fully saturated rings. The Morgan fingerprint density at radius 2 is 1.91 bits per heavy atom. The lowest BCUT2D eigenvalue weighted by Gasteiger charge is -2.34. The molecule has 68 valence electrons. The summed E-state index contributed by atoms with van der Waals surface area (Å²) in [6.07, 6.45) is 0.554. The van der Waals surface area contributed by atoms with Crippen molar-refractivity contribution in [2.75, 3.05) is 7.11 Å². The van der Waals surface area contributed by atoms with Crippen LogP contribution in [0.4, 0.5) is 0 Å². The zero-order valence-corrected chi connectivity index (χ0v) is 8.22. The van der Waals surface area contributed by atoms with Gasteiger partial charge in [-0.1, -0.05) is 20.8 Å². The molecule has 0 heterocycles. The summed E-state index contributed by atoms with van der Waals surface area (Å²) in [5.74, 6) is 0. The van der Waals surface area contributed by atoms with E-state index in [0.29, 0.717) is 0 Å². The molecule has 1 N–H and O–H groups in total. The van der Waals surface area contributed by atoms with E-state index < -0.39 is 6.10 Å². The van der Waals surface area contributed by atoms with Gasteiger partial charge in [0.05, 0.1) is 12.2 Å². The van der Waals surface area contributed by atoms with Gasteiger partial charge in [0, 0.05) is 7.11 Å². The third-order valence-electron chi connectivity index (χ3n) is 2.37. The van der Waals surface area contributed by atoms with Crippen LogP contribution >= 0.6 is 0 Å². The first-order chi connectivity index (χ1) is 4.95. The Balaban J connectivity index is 4.23. The predicted octanol–water partition coefficient (Wildman–Crippen LogP) is 1.82. The van der Waals surface area contributed by atoms with E-state index in [2.05, 4.69) is 20.8 Å². The molecule has 0 aromatic heterocycles. The molecule has 11 heavy (non-hydrogen) atoms. The minimum atomic E-state index is -0.394. The standard InChI is InChI=1S/C9H20O2/c1-6-9(3,4)8(11-5)7(2)10/h7-8,10H,6H2,1-5H3. The summed E-state index contributed by atoms with van der Waals surface area (Å²) in [5, 5.41) is 9.35. The van der Waals surface area contributed by atoms with Crippen LogP contribution in [0.3, 0.4) is 0 Å². The highest BCUT2D eigenvalue weighted by molar-refractivity contribution is 4.81. The second kappa shape index (κ2) is 4.07. The van der Waals surface area contributed by atoms with Crippen molar-refractivity contribution in [2.45, 2.75) is 46.3 Å². The number of aliphatic hydroxyl groups excluding tert-OH is 1. The van der Waals surface area contributed by atoms with Crippen molar-refractivity contribution in [3.05, 3.63) is 0 Å². The molecule has 0 radical (unpaired) electrons. The van der Waals surface area contributed by atoms with E-state index in [1.165, 1.54) is 0 Å². The summed E-state index contributed by atoms with van der Waals surface area (Å²) in [7, 11) is 1.65. The van der Waals surface area contributed by atoms with Crippen LogP contribution < -0.4 is 0 Å². The number of hydrogen-bond acceptors (Lipinski definition) is 2. The molecule has 0 amide bonds. The SMILES string of the molecule is CCC(C)(C)C(OC)C(C)O. The largest absolute Gasteiger partial charge is 0.391 e. The summed E-state index contributed by atoms with van der Waals surface area (Å²) in [6, 6.07) is 0. The first kappa shape index (κ1) is 10.9. The third kappa shape index (κ3) is 2.80. The Morgan fingerprint density at radius 1 is 1.45 bits per heavy atom. The lowest BCUT2D eigenvalue weighted by Crippen LogP contribution is -2.39. The van der Waals surface area contributed by atoms with Crippen molar-refractivity contribution in [1.82, 2.24) is 0 Å². The zero-order chi connectivity index (χ0) is 9.07. The molecular weight excluding hydrogens is 140 g/mol. The lowest BCUT2D eigenvalue weighted by molar-refractivity contribution is -0.0708. The highest BCUT2D eigenvalue weighted by atomic mass is 16.5. The average Bonchev–Trinajstić information content (AvgIpc) is 1.88. The minimum Gasteiger partial charge on any atom is -0.391 e. The van der Waals surface area contributed by atoms with E-state index in [1.807, 2.05) is 0 Å². The van der Waals surface area contributed by atoms with E-state index in [1.54, 1.807) is 14.0 Å². The van der Waals surface area contributed by atoms with Crippen LogP contribution in [0.25, 0.3) is 0 Å². The molecule has 0 saturated heterocycles. The van der Waals surface area contributed by atoms with Crippen molar-refractivity contribution in [1.29, 1.82) is 0 Å². The smallest absolute Gasteiger partial charge is 0.0877 e. The van der Waals surface area contributed by atoms with Gasteiger partial charge in [-0.15, -0.1) is 0 Å². The van der Waals surface area contributed by atoms with Gasteiger partial charge in [-0.2, -0.15) is 0 Å². The quantitative estimate of drug-likeness (QED) is 0.679. The topological polar surface area (TPSA) is 29.5 Å². The molecule has 0 bridgehead atoms. The van der Waals surface area contributed by atoms with Crippen LogP contribution in [0.2, 0.25) is 0 Å². The number of rotatable bonds is 4. The van der Waals surface area contributed by atoms with Gasteiger partial charge >= 0.3 is 0 Å². The van der Waals surface area contributed by atoms with Crippen LogP contribution in [0.5, 0.6) is 0 Å². The van der Waals surface area contributed by atoms with Crippen molar-refractivity contribution in [3.8, 4) is 0 Å². The van der Waals surface area contributed by atoms with Crippen LogP contribution in [0, 0.1) is 5.41 Å². The monoisotopic (exact) mass is 160 g/mol. The number of ether oxygens (including phenoxy) is 1. The van der Waals surface area contributed by atoms with E-state index in [0.717, 1.165) is 6.42 Å². The fourth-order valence-electron chi connectivity index (χ4n) is 1.37. The van der Waals surface area contributed by atoms with E-state index >= 15 is 0 Å². The molecule has 0 aromatic rings. The highest BCUT2D eigenvalue weighted by Gasteiger charge is 2.31. The van der Waals surface area contributed by atoms with Crippen LogP contribution in [0.1, 0.15) is 34.1 Å². The van der Waals surface area contributed by atoms with Gasteiger partial charge in [0.1, 0.15) is 0 Å².